The molecule has 0 unspecified atom stereocenters. The molecule has 0 saturated heterocycles. The second-order valence-corrected chi connectivity index (χ2v) is 8.02. The van der Waals surface area contributed by atoms with Gasteiger partial charge < -0.3 is 10.6 Å². The largest absolute Gasteiger partial charge is 0.346 e. The van der Waals surface area contributed by atoms with E-state index in [9.17, 15) is 4.79 Å². The first-order valence-electron chi connectivity index (χ1n) is 10.3. The highest BCUT2D eigenvalue weighted by Gasteiger charge is 2.13. The van der Waals surface area contributed by atoms with Crippen molar-refractivity contribution in [1.29, 1.82) is 0 Å². The summed E-state index contributed by atoms with van der Waals surface area (Å²) in [6, 6.07) is 14.8. The number of benzene rings is 2. The quantitative estimate of drug-likeness (QED) is 0.354. The molecule has 0 spiro atoms. The Morgan fingerprint density at radius 3 is 2.70 bits per heavy atom. The van der Waals surface area contributed by atoms with E-state index in [4.69, 9.17) is 16.6 Å². The van der Waals surface area contributed by atoms with Crippen LogP contribution in [0.15, 0.2) is 73.3 Å². The number of aryl methyl sites for hydroxylation is 1. The molecule has 1 amide bonds. The number of halogens is 1. The lowest BCUT2D eigenvalue weighted by Gasteiger charge is -2.12. The highest BCUT2D eigenvalue weighted by atomic mass is 35.5. The van der Waals surface area contributed by atoms with Gasteiger partial charge in [-0.3, -0.25) is 19.7 Å². The zero-order chi connectivity index (χ0) is 22.8. The predicted octanol–water partition coefficient (Wildman–Crippen LogP) is 5.21. The molecular weight excluding hydrogens is 436 g/mol. The van der Waals surface area contributed by atoms with Crippen molar-refractivity contribution in [2.24, 2.45) is 0 Å². The number of anilines is 2. The fourth-order valence-corrected chi connectivity index (χ4v) is 3.76. The average Bonchev–Trinajstić information content (AvgIpc) is 2.83. The van der Waals surface area contributed by atoms with Gasteiger partial charge in [0.25, 0.3) is 5.91 Å². The summed E-state index contributed by atoms with van der Waals surface area (Å²) >= 11 is 6.14. The van der Waals surface area contributed by atoms with Gasteiger partial charge >= 0.3 is 0 Å². The molecule has 0 atom stereocenters. The normalized spacial score (nSPS) is 11.0. The Labute approximate surface area is 194 Å². The summed E-state index contributed by atoms with van der Waals surface area (Å²) < 4.78 is 0. The molecule has 0 radical (unpaired) electrons. The van der Waals surface area contributed by atoms with Gasteiger partial charge in [-0.25, -0.2) is 4.98 Å². The van der Waals surface area contributed by atoms with Crippen LogP contribution in [0.5, 0.6) is 0 Å². The molecule has 3 heterocycles. The Hall–Kier alpha value is -4.10. The molecule has 8 heteroatoms. The molecule has 0 aliphatic heterocycles. The summed E-state index contributed by atoms with van der Waals surface area (Å²) in [5.41, 5.74) is 3.53. The molecule has 3 aromatic heterocycles. The van der Waals surface area contributed by atoms with Crippen LogP contribution in [0.25, 0.3) is 21.7 Å². The molecule has 0 aliphatic carbocycles. The molecule has 33 heavy (non-hydrogen) atoms. The summed E-state index contributed by atoms with van der Waals surface area (Å²) in [6.07, 6.45) is 6.87. The number of nitrogens with zero attached hydrogens (tertiary/aromatic N) is 4. The number of hydrogen-bond donors (Lipinski definition) is 2. The Morgan fingerprint density at radius 1 is 0.970 bits per heavy atom. The van der Waals surface area contributed by atoms with E-state index < -0.39 is 0 Å². The molecule has 0 bridgehead atoms. The standard InChI is InChI=1S/C25H19ClN6O/c1-15-11-29-19(12-28-15)13-30-25(33)16-5-6-20-22-14-27-8-7-21(22)24(32-23(20)9-16)31-18-4-2-3-17(26)10-18/h2-12,14H,13H2,1H3,(H,30,33)(H,31,32). The Kier molecular flexibility index (Phi) is 5.54. The Morgan fingerprint density at radius 2 is 1.88 bits per heavy atom. The number of carbonyl (C=O) groups is 1. The summed E-state index contributed by atoms with van der Waals surface area (Å²) in [6.45, 7) is 2.16. The minimum Gasteiger partial charge on any atom is -0.346 e. The minimum absolute atomic E-state index is 0.211. The number of rotatable bonds is 5. The molecule has 0 fully saturated rings. The van der Waals surface area contributed by atoms with Crippen molar-refractivity contribution in [1.82, 2.24) is 25.3 Å². The van der Waals surface area contributed by atoms with E-state index in [-0.39, 0.29) is 5.91 Å². The Bertz CT molecular complexity index is 1490. The zero-order valence-corrected chi connectivity index (χ0v) is 18.5. The number of hydrogen-bond acceptors (Lipinski definition) is 6. The van der Waals surface area contributed by atoms with Crippen LogP contribution in [-0.2, 0) is 6.54 Å². The van der Waals surface area contributed by atoms with Crippen molar-refractivity contribution in [2.75, 3.05) is 5.32 Å². The van der Waals surface area contributed by atoms with Crippen molar-refractivity contribution in [3.8, 4) is 0 Å². The molecule has 5 rings (SSSR count). The smallest absolute Gasteiger partial charge is 0.251 e. The second-order valence-electron chi connectivity index (χ2n) is 7.58. The fourth-order valence-electron chi connectivity index (χ4n) is 3.57. The molecule has 0 saturated carbocycles. The topological polar surface area (TPSA) is 92.7 Å². The minimum atomic E-state index is -0.211. The van der Waals surface area contributed by atoms with Gasteiger partial charge in [0.1, 0.15) is 5.82 Å². The maximum Gasteiger partial charge on any atom is 0.251 e. The lowest BCUT2D eigenvalue weighted by Crippen LogP contribution is -2.23. The number of pyridine rings is 2. The van der Waals surface area contributed by atoms with Gasteiger partial charge in [-0.1, -0.05) is 23.7 Å². The third kappa shape index (κ3) is 4.44. The van der Waals surface area contributed by atoms with Crippen LogP contribution < -0.4 is 10.6 Å². The van der Waals surface area contributed by atoms with Crippen LogP contribution >= 0.6 is 11.6 Å². The van der Waals surface area contributed by atoms with E-state index in [2.05, 4.69) is 25.6 Å². The number of aromatic nitrogens is 4. The van der Waals surface area contributed by atoms with Gasteiger partial charge in [0, 0.05) is 51.0 Å². The van der Waals surface area contributed by atoms with Crippen LogP contribution in [-0.4, -0.2) is 25.8 Å². The number of amides is 1. The van der Waals surface area contributed by atoms with Gasteiger partial charge in [-0.15, -0.1) is 0 Å². The summed E-state index contributed by atoms with van der Waals surface area (Å²) in [4.78, 5) is 30.3. The van der Waals surface area contributed by atoms with Crippen LogP contribution in [0.3, 0.4) is 0 Å². The molecular formula is C25H19ClN6O. The van der Waals surface area contributed by atoms with E-state index in [1.54, 1.807) is 36.9 Å². The Balaban J connectivity index is 1.49. The van der Waals surface area contributed by atoms with Crippen molar-refractivity contribution < 1.29 is 4.79 Å². The van der Waals surface area contributed by atoms with Gasteiger partial charge in [-0.05, 0) is 43.3 Å². The maximum atomic E-state index is 12.8. The highest BCUT2D eigenvalue weighted by Crippen LogP contribution is 2.31. The summed E-state index contributed by atoms with van der Waals surface area (Å²) in [5.74, 6) is 0.450. The fraction of sp³-hybridized carbons (Fsp3) is 0.0800. The van der Waals surface area contributed by atoms with Crippen LogP contribution in [0.1, 0.15) is 21.7 Å². The number of carbonyl (C=O) groups excluding carboxylic acids is 1. The predicted molar refractivity (Wildman–Crippen MR) is 130 cm³/mol. The summed E-state index contributed by atoms with van der Waals surface area (Å²) in [7, 11) is 0. The van der Waals surface area contributed by atoms with E-state index in [0.717, 1.165) is 27.5 Å². The maximum absolute atomic E-state index is 12.8. The first-order chi connectivity index (χ1) is 16.1. The molecule has 0 aliphatic rings. The van der Waals surface area contributed by atoms with Crippen molar-refractivity contribution in [3.63, 3.8) is 0 Å². The van der Waals surface area contributed by atoms with E-state index in [1.807, 2.05) is 43.3 Å². The molecule has 2 N–H and O–H groups in total. The third-order valence-electron chi connectivity index (χ3n) is 5.21. The van der Waals surface area contributed by atoms with E-state index in [0.29, 0.717) is 34.2 Å². The van der Waals surface area contributed by atoms with Crippen LogP contribution in [0.2, 0.25) is 5.02 Å². The van der Waals surface area contributed by atoms with Gasteiger partial charge in [-0.2, -0.15) is 0 Å². The molecule has 5 aromatic rings. The van der Waals surface area contributed by atoms with Crippen molar-refractivity contribution in [2.45, 2.75) is 13.5 Å². The molecule has 2 aromatic carbocycles. The zero-order valence-electron chi connectivity index (χ0n) is 17.7. The van der Waals surface area contributed by atoms with Crippen LogP contribution in [0.4, 0.5) is 11.5 Å². The van der Waals surface area contributed by atoms with Gasteiger partial charge in [0.2, 0.25) is 0 Å². The monoisotopic (exact) mass is 454 g/mol. The van der Waals surface area contributed by atoms with Gasteiger partial charge in [0.05, 0.1) is 29.6 Å². The third-order valence-corrected chi connectivity index (χ3v) is 5.45. The molecule has 7 nitrogen and oxygen atoms in total. The van der Waals surface area contributed by atoms with Gasteiger partial charge in [0.15, 0.2) is 0 Å². The number of nitrogens with one attached hydrogen (secondary N) is 2. The lowest BCUT2D eigenvalue weighted by molar-refractivity contribution is 0.0950. The number of fused-ring (bicyclic) bond motifs is 3. The first-order valence-corrected chi connectivity index (χ1v) is 10.7. The first kappa shape index (κ1) is 20.8. The molecule has 162 valence electrons. The van der Waals surface area contributed by atoms with Crippen molar-refractivity contribution in [3.05, 3.63) is 95.3 Å². The van der Waals surface area contributed by atoms with Crippen molar-refractivity contribution >= 4 is 50.7 Å². The summed E-state index contributed by atoms with van der Waals surface area (Å²) in [5, 5.41) is 9.63. The van der Waals surface area contributed by atoms with Crippen LogP contribution in [0, 0.1) is 6.92 Å². The SMILES string of the molecule is Cc1cnc(CNC(=O)c2ccc3c(c2)nc(Nc2cccc(Cl)c2)c2ccncc23)cn1. The van der Waals surface area contributed by atoms with E-state index in [1.165, 1.54) is 0 Å². The average molecular weight is 455 g/mol. The highest BCUT2D eigenvalue weighted by molar-refractivity contribution is 6.30. The second kappa shape index (κ2) is 8.80. The lowest BCUT2D eigenvalue weighted by atomic mass is 10.1. The van der Waals surface area contributed by atoms with E-state index >= 15 is 0 Å².